The number of hydrogen-bond acceptors (Lipinski definition) is 3. The second kappa shape index (κ2) is 5.70. The Bertz CT molecular complexity index is 1130. The van der Waals surface area contributed by atoms with Crippen LogP contribution >= 0.6 is 0 Å². The van der Waals surface area contributed by atoms with E-state index in [1.54, 1.807) is 12.1 Å². The minimum Gasteiger partial charge on any atom is -0.464 e. The third-order valence-corrected chi connectivity index (χ3v) is 4.30. The van der Waals surface area contributed by atoms with Gasteiger partial charge in [-0.15, -0.1) is 0 Å². The van der Waals surface area contributed by atoms with Crippen LogP contribution in [0.25, 0.3) is 27.5 Å². The van der Waals surface area contributed by atoms with Gasteiger partial charge in [0.15, 0.2) is 5.69 Å². The highest BCUT2D eigenvalue weighted by Crippen LogP contribution is 2.34. The number of para-hydroxylation sites is 1. The van der Waals surface area contributed by atoms with Crippen molar-refractivity contribution in [1.29, 1.82) is 0 Å². The molecule has 4 aromatic rings. The molecule has 0 amide bonds. The van der Waals surface area contributed by atoms with E-state index in [0.717, 1.165) is 27.5 Å². The third kappa shape index (κ3) is 2.36. The summed E-state index contributed by atoms with van der Waals surface area (Å²) in [6.07, 6.45) is 0. The molecule has 0 bridgehead atoms. The fraction of sp³-hybridized carbons (Fsp3) is 0.100. The number of halogens is 1. The highest BCUT2D eigenvalue weighted by Gasteiger charge is 2.18. The van der Waals surface area contributed by atoms with Gasteiger partial charge in [0.25, 0.3) is 0 Å². The van der Waals surface area contributed by atoms with Gasteiger partial charge in [-0.25, -0.2) is 14.2 Å². The van der Waals surface area contributed by atoms with Crippen molar-refractivity contribution in [2.75, 3.05) is 7.11 Å². The Balaban J connectivity index is 2.18. The number of fused-ring (bicyclic) bond motifs is 3. The normalized spacial score (nSPS) is 11.2. The smallest absolute Gasteiger partial charge is 0.356 e. The van der Waals surface area contributed by atoms with E-state index < -0.39 is 5.97 Å². The molecule has 0 fully saturated rings. The zero-order valence-electron chi connectivity index (χ0n) is 13.8. The number of esters is 1. The number of nitrogens with zero attached hydrogens (tertiary/aromatic N) is 2. The van der Waals surface area contributed by atoms with Crippen molar-refractivity contribution >= 4 is 27.8 Å². The van der Waals surface area contributed by atoms with E-state index in [1.165, 1.54) is 19.2 Å². The molecule has 0 atom stereocenters. The second-order valence-corrected chi connectivity index (χ2v) is 5.81. The topological polar surface area (TPSA) is 44.1 Å². The van der Waals surface area contributed by atoms with E-state index in [4.69, 9.17) is 4.74 Å². The average molecular weight is 334 g/mol. The van der Waals surface area contributed by atoms with Crippen LogP contribution in [0.4, 0.5) is 4.39 Å². The van der Waals surface area contributed by atoms with Crippen molar-refractivity contribution in [2.24, 2.45) is 0 Å². The third-order valence-electron chi connectivity index (χ3n) is 4.30. The Morgan fingerprint density at radius 2 is 1.88 bits per heavy atom. The van der Waals surface area contributed by atoms with E-state index in [0.29, 0.717) is 5.69 Å². The van der Waals surface area contributed by atoms with Crippen LogP contribution in [0.3, 0.4) is 0 Å². The lowest BCUT2D eigenvalue weighted by molar-refractivity contribution is 0.0594. The minimum atomic E-state index is -0.499. The molecule has 0 aliphatic rings. The molecule has 4 nitrogen and oxygen atoms in total. The quantitative estimate of drug-likeness (QED) is 0.510. The van der Waals surface area contributed by atoms with Crippen molar-refractivity contribution < 1.29 is 13.9 Å². The molecule has 2 aromatic carbocycles. The van der Waals surface area contributed by atoms with Crippen LogP contribution in [0, 0.1) is 12.7 Å². The molecule has 0 radical (unpaired) electrons. The van der Waals surface area contributed by atoms with Crippen LogP contribution in [0.2, 0.25) is 0 Å². The summed E-state index contributed by atoms with van der Waals surface area (Å²) < 4.78 is 20.5. The van der Waals surface area contributed by atoms with Gasteiger partial charge in [-0.05, 0) is 37.3 Å². The highest BCUT2D eigenvalue weighted by atomic mass is 19.1. The van der Waals surface area contributed by atoms with Gasteiger partial charge in [0.2, 0.25) is 0 Å². The number of carbonyl (C=O) groups excluding carboxylic acids is 1. The first kappa shape index (κ1) is 15.3. The molecule has 124 valence electrons. The Morgan fingerprint density at radius 1 is 1.08 bits per heavy atom. The Labute approximate surface area is 143 Å². The van der Waals surface area contributed by atoms with Crippen molar-refractivity contribution in [3.05, 3.63) is 71.8 Å². The van der Waals surface area contributed by atoms with Gasteiger partial charge in [0.05, 0.1) is 18.1 Å². The van der Waals surface area contributed by atoms with Crippen LogP contribution in [-0.4, -0.2) is 22.6 Å². The van der Waals surface area contributed by atoms with Gasteiger partial charge in [-0.3, -0.25) is 0 Å². The maximum absolute atomic E-state index is 13.8. The highest BCUT2D eigenvalue weighted by molar-refractivity contribution is 6.11. The number of aryl methyl sites for hydroxylation is 1. The monoisotopic (exact) mass is 334 g/mol. The first-order chi connectivity index (χ1) is 12.1. The first-order valence-electron chi connectivity index (χ1n) is 7.85. The van der Waals surface area contributed by atoms with Gasteiger partial charge >= 0.3 is 5.97 Å². The number of ether oxygens (including phenoxy) is 1. The van der Waals surface area contributed by atoms with Gasteiger partial charge in [0.1, 0.15) is 5.82 Å². The summed E-state index contributed by atoms with van der Waals surface area (Å²) in [5.41, 5.74) is 3.36. The average Bonchev–Trinajstić information content (AvgIpc) is 2.95. The summed E-state index contributed by atoms with van der Waals surface area (Å²) in [7, 11) is 1.33. The zero-order chi connectivity index (χ0) is 17.6. The lowest BCUT2D eigenvalue weighted by atomic mass is 10.1. The molecule has 0 unspecified atom stereocenters. The minimum absolute atomic E-state index is 0.230. The van der Waals surface area contributed by atoms with E-state index in [9.17, 15) is 9.18 Å². The lowest BCUT2D eigenvalue weighted by Crippen LogP contribution is -2.06. The predicted octanol–water partition coefficient (Wildman–Crippen LogP) is 4.41. The van der Waals surface area contributed by atoms with Gasteiger partial charge in [-0.2, -0.15) is 0 Å². The van der Waals surface area contributed by atoms with E-state index in [-0.39, 0.29) is 11.5 Å². The molecule has 2 heterocycles. The number of hydrogen-bond donors (Lipinski definition) is 0. The summed E-state index contributed by atoms with van der Waals surface area (Å²) in [4.78, 5) is 16.4. The molecular weight excluding hydrogens is 319 g/mol. The number of methoxy groups -OCH3 is 1. The molecular formula is C20H15FN2O2. The van der Waals surface area contributed by atoms with E-state index in [2.05, 4.69) is 4.98 Å². The largest absolute Gasteiger partial charge is 0.464 e. The van der Waals surface area contributed by atoms with Crippen LogP contribution < -0.4 is 0 Å². The molecule has 0 aliphatic carbocycles. The molecule has 2 aromatic heterocycles. The number of aromatic nitrogens is 2. The summed E-state index contributed by atoms with van der Waals surface area (Å²) in [6, 6.07) is 15.9. The predicted molar refractivity (Wildman–Crippen MR) is 94.6 cm³/mol. The van der Waals surface area contributed by atoms with Crippen LogP contribution in [0.5, 0.6) is 0 Å². The Morgan fingerprint density at radius 3 is 2.64 bits per heavy atom. The van der Waals surface area contributed by atoms with Gasteiger partial charge < -0.3 is 9.30 Å². The fourth-order valence-electron chi connectivity index (χ4n) is 3.28. The van der Waals surface area contributed by atoms with Crippen molar-refractivity contribution in [2.45, 2.75) is 6.92 Å². The van der Waals surface area contributed by atoms with Crippen LogP contribution in [-0.2, 0) is 4.74 Å². The Hall–Kier alpha value is -3.21. The number of carbonyl (C=O) groups is 1. The SMILES string of the molecule is COC(=O)c1cc2c(c(C)n1)c1ccccc1n2-c1cccc(F)c1. The Kier molecular flexibility index (Phi) is 3.50. The molecule has 25 heavy (non-hydrogen) atoms. The maximum Gasteiger partial charge on any atom is 0.356 e. The molecule has 4 rings (SSSR count). The number of pyridine rings is 1. The van der Waals surface area contributed by atoms with Gasteiger partial charge in [0, 0.05) is 22.2 Å². The van der Waals surface area contributed by atoms with E-state index >= 15 is 0 Å². The van der Waals surface area contributed by atoms with E-state index in [1.807, 2.05) is 41.8 Å². The molecule has 0 saturated heterocycles. The lowest BCUT2D eigenvalue weighted by Gasteiger charge is -2.09. The summed E-state index contributed by atoms with van der Waals surface area (Å²) in [6.45, 7) is 1.86. The first-order valence-corrected chi connectivity index (χ1v) is 7.85. The van der Waals surface area contributed by atoms with Gasteiger partial charge in [-0.1, -0.05) is 24.3 Å². The molecule has 0 saturated carbocycles. The number of benzene rings is 2. The maximum atomic E-state index is 13.8. The summed E-state index contributed by atoms with van der Waals surface area (Å²) >= 11 is 0. The summed E-state index contributed by atoms with van der Waals surface area (Å²) in [5, 5.41) is 1.94. The van der Waals surface area contributed by atoms with Crippen molar-refractivity contribution in [1.82, 2.24) is 9.55 Å². The van der Waals surface area contributed by atoms with Crippen molar-refractivity contribution in [3.8, 4) is 5.69 Å². The van der Waals surface area contributed by atoms with Crippen LogP contribution in [0.15, 0.2) is 54.6 Å². The molecule has 0 spiro atoms. The summed E-state index contributed by atoms with van der Waals surface area (Å²) in [5.74, 6) is -0.816. The second-order valence-electron chi connectivity index (χ2n) is 5.81. The molecule has 0 N–H and O–H groups in total. The molecule has 5 heteroatoms. The zero-order valence-corrected chi connectivity index (χ0v) is 13.8. The molecule has 0 aliphatic heterocycles. The van der Waals surface area contributed by atoms with Crippen LogP contribution in [0.1, 0.15) is 16.2 Å². The standard InChI is InChI=1S/C20H15FN2O2/c1-12-19-15-8-3-4-9-17(15)23(14-7-5-6-13(21)10-14)18(19)11-16(22-12)20(24)25-2/h3-11H,1-2H3. The fourth-order valence-corrected chi connectivity index (χ4v) is 3.28. The number of rotatable bonds is 2. The van der Waals surface area contributed by atoms with Crippen molar-refractivity contribution in [3.63, 3.8) is 0 Å².